The Hall–Kier alpha value is -1.56. The SMILES string of the molecule is CC(C)N1C(=O)CC(Sc2ccc(N)nc2)C1=O. The van der Waals surface area contributed by atoms with E-state index in [9.17, 15) is 9.59 Å². The zero-order valence-corrected chi connectivity index (χ0v) is 11.1. The van der Waals surface area contributed by atoms with E-state index in [-0.39, 0.29) is 29.5 Å². The molecule has 5 nitrogen and oxygen atoms in total. The van der Waals surface area contributed by atoms with Crippen molar-refractivity contribution in [2.45, 2.75) is 36.5 Å². The first-order valence-corrected chi connectivity index (χ1v) is 6.61. The van der Waals surface area contributed by atoms with Crippen molar-refractivity contribution in [3.8, 4) is 0 Å². The zero-order chi connectivity index (χ0) is 13.3. The van der Waals surface area contributed by atoms with E-state index in [0.717, 1.165) is 4.90 Å². The molecule has 0 aliphatic carbocycles. The Kier molecular flexibility index (Phi) is 3.56. The highest BCUT2D eigenvalue weighted by Gasteiger charge is 2.40. The van der Waals surface area contributed by atoms with Crippen molar-refractivity contribution < 1.29 is 9.59 Å². The van der Waals surface area contributed by atoms with Crippen LogP contribution < -0.4 is 5.73 Å². The zero-order valence-electron chi connectivity index (χ0n) is 10.3. The Balaban J connectivity index is 2.10. The number of anilines is 1. The maximum atomic E-state index is 12.1. The Bertz CT molecular complexity index is 473. The number of hydrogen-bond donors (Lipinski definition) is 1. The van der Waals surface area contributed by atoms with E-state index in [4.69, 9.17) is 5.73 Å². The maximum Gasteiger partial charge on any atom is 0.243 e. The third-order valence-electron chi connectivity index (χ3n) is 2.70. The lowest BCUT2D eigenvalue weighted by Crippen LogP contribution is -2.37. The van der Waals surface area contributed by atoms with Gasteiger partial charge in [-0.1, -0.05) is 0 Å². The molecule has 0 radical (unpaired) electrons. The number of nitrogen functional groups attached to an aromatic ring is 1. The Morgan fingerprint density at radius 3 is 2.67 bits per heavy atom. The molecule has 0 bridgehead atoms. The summed E-state index contributed by atoms with van der Waals surface area (Å²) in [5.41, 5.74) is 5.50. The summed E-state index contributed by atoms with van der Waals surface area (Å²) in [7, 11) is 0. The maximum absolute atomic E-state index is 12.1. The molecule has 96 valence electrons. The van der Waals surface area contributed by atoms with Gasteiger partial charge in [-0.3, -0.25) is 14.5 Å². The van der Waals surface area contributed by atoms with Crippen molar-refractivity contribution in [1.29, 1.82) is 0 Å². The predicted molar refractivity (Wildman–Crippen MR) is 69.9 cm³/mol. The molecule has 2 N–H and O–H groups in total. The third-order valence-corrected chi connectivity index (χ3v) is 3.86. The van der Waals surface area contributed by atoms with Crippen molar-refractivity contribution in [3.05, 3.63) is 18.3 Å². The summed E-state index contributed by atoms with van der Waals surface area (Å²) in [6, 6.07) is 3.41. The molecule has 1 unspecified atom stereocenters. The average Bonchev–Trinajstić information content (AvgIpc) is 2.57. The van der Waals surface area contributed by atoms with E-state index in [0.29, 0.717) is 5.82 Å². The highest BCUT2D eigenvalue weighted by atomic mass is 32.2. The van der Waals surface area contributed by atoms with Crippen molar-refractivity contribution in [3.63, 3.8) is 0 Å². The van der Waals surface area contributed by atoms with Crippen LogP contribution in [0.3, 0.4) is 0 Å². The molecular formula is C12H15N3O2S. The van der Waals surface area contributed by atoms with Crippen LogP contribution in [-0.2, 0) is 9.59 Å². The standard InChI is InChI=1S/C12H15N3O2S/c1-7(2)15-11(16)5-9(12(15)17)18-8-3-4-10(13)14-6-8/h3-4,6-7,9H,5H2,1-2H3,(H2,13,14). The molecule has 1 fully saturated rings. The van der Waals surface area contributed by atoms with Gasteiger partial charge in [-0.2, -0.15) is 0 Å². The number of pyridine rings is 1. The predicted octanol–water partition coefficient (Wildman–Crippen LogP) is 1.29. The fourth-order valence-electron chi connectivity index (χ4n) is 1.88. The van der Waals surface area contributed by atoms with Crippen LogP contribution in [-0.4, -0.2) is 33.0 Å². The molecule has 6 heteroatoms. The lowest BCUT2D eigenvalue weighted by atomic mass is 10.3. The van der Waals surface area contributed by atoms with Gasteiger partial charge in [0.1, 0.15) is 5.82 Å². The number of nitrogens with zero attached hydrogens (tertiary/aromatic N) is 2. The van der Waals surface area contributed by atoms with Gasteiger partial charge in [0, 0.05) is 23.6 Å². The molecule has 1 atom stereocenters. The number of hydrogen-bond acceptors (Lipinski definition) is 5. The quantitative estimate of drug-likeness (QED) is 0.833. The van der Waals surface area contributed by atoms with Crippen LogP contribution >= 0.6 is 11.8 Å². The van der Waals surface area contributed by atoms with E-state index in [2.05, 4.69) is 4.98 Å². The molecule has 0 saturated carbocycles. The Morgan fingerprint density at radius 2 is 2.17 bits per heavy atom. The molecule has 0 spiro atoms. The van der Waals surface area contributed by atoms with Crippen LogP contribution in [0.5, 0.6) is 0 Å². The number of rotatable bonds is 3. The smallest absolute Gasteiger partial charge is 0.243 e. The van der Waals surface area contributed by atoms with Gasteiger partial charge in [-0.25, -0.2) is 4.98 Å². The molecule has 1 saturated heterocycles. The highest BCUT2D eigenvalue weighted by molar-refractivity contribution is 8.00. The molecule has 0 aromatic carbocycles. The number of imide groups is 1. The fourth-order valence-corrected chi connectivity index (χ4v) is 2.91. The van der Waals surface area contributed by atoms with Crippen LogP contribution in [0, 0.1) is 0 Å². The molecule has 1 aromatic rings. The van der Waals surface area contributed by atoms with Gasteiger partial charge in [-0.05, 0) is 26.0 Å². The topological polar surface area (TPSA) is 76.3 Å². The third kappa shape index (κ3) is 2.48. The molecule has 2 rings (SSSR count). The van der Waals surface area contributed by atoms with Crippen LogP contribution in [0.25, 0.3) is 0 Å². The van der Waals surface area contributed by atoms with Crippen molar-refractivity contribution in [2.24, 2.45) is 0 Å². The minimum atomic E-state index is -0.342. The fraction of sp³-hybridized carbons (Fsp3) is 0.417. The number of thioether (sulfide) groups is 1. The molecule has 2 amide bonds. The van der Waals surface area contributed by atoms with Gasteiger partial charge in [0.05, 0.1) is 5.25 Å². The second kappa shape index (κ2) is 4.97. The molecule has 1 aliphatic heterocycles. The van der Waals surface area contributed by atoms with E-state index in [1.165, 1.54) is 16.7 Å². The largest absolute Gasteiger partial charge is 0.384 e. The molecular weight excluding hydrogens is 250 g/mol. The molecule has 18 heavy (non-hydrogen) atoms. The summed E-state index contributed by atoms with van der Waals surface area (Å²) in [5.74, 6) is 0.227. The van der Waals surface area contributed by atoms with Crippen molar-refractivity contribution in [2.75, 3.05) is 5.73 Å². The molecule has 2 heterocycles. The number of aromatic nitrogens is 1. The van der Waals surface area contributed by atoms with Crippen LogP contribution in [0.15, 0.2) is 23.2 Å². The first-order chi connectivity index (χ1) is 8.49. The summed E-state index contributed by atoms with van der Waals surface area (Å²) in [6.45, 7) is 3.68. The molecule has 1 aromatic heterocycles. The van der Waals surface area contributed by atoms with Gasteiger partial charge < -0.3 is 5.73 Å². The monoisotopic (exact) mass is 265 g/mol. The van der Waals surface area contributed by atoms with Crippen molar-refractivity contribution in [1.82, 2.24) is 9.88 Å². The second-order valence-electron chi connectivity index (χ2n) is 4.43. The lowest BCUT2D eigenvalue weighted by molar-refractivity contribution is -0.140. The lowest BCUT2D eigenvalue weighted by Gasteiger charge is -2.18. The summed E-state index contributed by atoms with van der Waals surface area (Å²) < 4.78 is 0. The van der Waals surface area contributed by atoms with Crippen LogP contribution in [0.4, 0.5) is 5.82 Å². The number of carbonyl (C=O) groups is 2. The number of nitrogens with two attached hydrogens (primary N) is 1. The van der Waals surface area contributed by atoms with E-state index >= 15 is 0 Å². The van der Waals surface area contributed by atoms with E-state index < -0.39 is 0 Å². The first-order valence-electron chi connectivity index (χ1n) is 5.73. The van der Waals surface area contributed by atoms with E-state index in [1.54, 1.807) is 12.3 Å². The van der Waals surface area contributed by atoms with Gasteiger partial charge in [0.15, 0.2) is 0 Å². The second-order valence-corrected chi connectivity index (χ2v) is 5.70. The summed E-state index contributed by atoms with van der Waals surface area (Å²) in [6.07, 6.45) is 1.88. The minimum Gasteiger partial charge on any atom is -0.384 e. The summed E-state index contributed by atoms with van der Waals surface area (Å²) in [4.78, 5) is 30.0. The van der Waals surface area contributed by atoms with Gasteiger partial charge in [-0.15, -0.1) is 11.8 Å². The van der Waals surface area contributed by atoms with Gasteiger partial charge in [0.25, 0.3) is 0 Å². The molecule has 1 aliphatic rings. The normalized spacial score (nSPS) is 19.9. The summed E-state index contributed by atoms with van der Waals surface area (Å²) in [5, 5.41) is -0.342. The van der Waals surface area contributed by atoms with Crippen molar-refractivity contribution >= 4 is 29.4 Å². The number of amides is 2. The van der Waals surface area contributed by atoms with Crippen LogP contribution in [0.2, 0.25) is 0 Å². The highest BCUT2D eigenvalue weighted by Crippen LogP contribution is 2.32. The number of likely N-dealkylation sites (tertiary alicyclic amines) is 1. The van der Waals surface area contributed by atoms with Gasteiger partial charge in [0.2, 0.25) is 11.8 Å². The number of carbonyl (C=O) groups excluding carboxylic acids is 2. The van der Waals surface area contributed by atoms with Crippen LogP contribution in [0.1, 0.15) is 20.3 Å². The average molecular weight is 265 g/mol. The minimum absolute atomic E-state index is 0.0832. The Labute approximate surface area is 110 Å². The van der Waals surface area contributed by atoms with Gasteiger partial charge >= 0.3 is 0 Å². The first kappa shape index (κ1) is 12.9. The van der Waals surface area contributed by atoms with E-state index in [1.807, 2.05) is 19.9 Å². The Morgan fingerprint density at radius 1 is 1.44 bits per heavy atom. The summed E-state index contributed by atoms with van der Waals surface area (Å²) >= 11 is 1.36.